The Balaban J connectivity index is 2.18. The Morgan fingerprint density at radius 2 is 2.44 bits per heavy atom. The molecular weight excluding hydrogens is 248 g/mol. The van der Waals surface area contributed by atoms with Gasteiger partial charge in [-0.05, 0) is 30.1 Å². The highest BCUT2D eigenvalue weighted by molar-refractivity contribution is 7.08. The lowest BCUT2D eigenvalue weighted by molar-refractivity contribution is 0.463. The van der Waals surface area contributed by atoms with Gasteiger partial charge in [-0.25, -0.2) is 4.98 Å². The molecule has 0 radical (unpaired) electrons. The van der Waals surface area contributed by atoms with Gasteiger partial charge in [0.05, 0.1) is 6.04 Å². The minimum absolute atomic E-state index is 0.0440. The number of nitrogens with one attached hydrogen (secondary N) is 3. The van der Waals surface area contributed by atoms with Gasteiger partial charge in [0.2, 0.25) is 5.28 Å². The maximum atomic E-state index is 7.96. The minimum Gasteiger partial charge on any atom is -0.310 e. The summed E-state index contributed by atoms with van der Waals surface area (Å²) in [6.07, 6.45) is 0. The normalized spacial score (nSPS) is 21.2. The van der Waals surface area contributed by atoms with Crippen LogP contribution in [0.25, 0.3) is 0 Å². The molecule has 1 aromatic rings. The van der Waals surface area contributed by atoms with Crippen molar-refractivity contribution in [2.24, 2.45) is 0 Å². The zero-order chi connectivity index (χ0) is 11.7. The van der Waals surface area contributed by atoms with Crippen molar-refractivity contribution in [3.63, 3.8) is 0 Å². The van der Waals surface area contributed by atoms with E-state index in [1.165, 1.54) is 0 Å². The van der Waals surface area contributed by atoms with Gasteiger partial charge in [0.15, 0.2) is 10.8 Å². The predicted octanol–water partition coefficient (Wildman–Crippen LogP) is 0.788. The standard InChI is InChI=1S/C8H11ClN6S/c1-4-5(10)15(3-2-12-4)6(11)7-13-8(9)14-16-7/h4,10-12H,2-3H2,1H3/t4-/m1/s1. The van der Waals surface area contributed by atoms with Gasteiger partial charge in [0, 0.05) is 13.1 Å². The number of amidine groups is 2. The monoisotopic (exact) mass is 258 g/mol. The second-order valence-corrected chi connectivity index (χ2v) is 4.52. The molecule has 0 saturated carbocycles. The van der Waals surface area contributed by atoms with Crippen LogP contribution in [0, 0.1) is 10.8 Å². The van der Waals surface area contributed by atoms with Gasteiger partial charge in [0.1, 0.15) is 5.84 Å². The van der Waals surface area contributed by atoms with Crippen LogP contribution in [-0.4, -0.2) is 45.1 Å². The van der Waals surface area contributed by atoms with Gasteiger partial charge in [-0.15, -0.1) is 0 Å². The van der Waals surface area contributed by atoms with Crippen LogP contribution >= 0.6 is 23.1 Å². The van der Waals surface area contributed by atoms with Crippen LogP contribution in [0.1, 0.15) is 11.9 Å². The van der Waals surface area contributed by atoms with Crippen molar-refractivity contribution in [3.8, 4) is 0 Å². The molecule has 1 saturated heterocycles. The largest absolute Gasteiger partial charge is 0.310 e. The quantitative estimate of drug-likeness (QED) is 0.513. The van der Waals surface area contributed by atoms with Crippen molar-refractivity contribution < 1.29 is 0 Å². The lowest BCUT2D eigenvalue weighted by atomic mass is 10.2. The van der Waals surface area contributed by atoms with Gasteiger partial charge in [0.25, 0.3) is 0 Å². The molecule has 16 heavy (non-hydrogen) atoms. The molecular formula is C8H11ClN6S. The van der Waals surface area contributed by atoms with Crippen LogP contribution in [-0.2, 0) is 0 Å². The fraction of sp³-hybridized carbons (Fsp3) is 0.500. The molecule has 86 valence electrons. The summed E-state index contributed by atoms with van der Waals surface area (Å²) in [5, 5.41) is 19.6. The van der Waals surface area contributed by atoms with E-state index in [1.54, 1.807) is 4.90 Å². The number of halogens is 1. The van der Waals surface area contributed by atoms with Crippen molar-refractivity contribution in [3.05, 3.63) is 10.3 Å². The van der Waals surface area contributed by atoms with Gasteiger partial charge >= 0.3 is 0 Å². The highest BCUT2D eigenvalue weighted by atomic mass is 35.5. The first kappa shape index (κ1) is 11.4. The molecule has 0 aromatic carbocycles. The van der Waals surface area contributed by atoms with Crippen molar-refractivity contribution >= 4 is 34.8 Å². The summed E-state index contributed by atoms with van der Waals surface area (Å²) in [4.78, 5) is 5.56. The number of hydrogen-bond donors (Lipinski definition) is 3. The maximum Gasteiger partial charge on any atom is 0.234 e. The summed E-state index contributed by atoms with van der Waals surface area (Å²) in [6, 6.07) is -0.0440. The van der Waals surface area contributed by atoms with E-state index in [4.69, 9.17) is 22.4 Å². The summed E-state index contributed by atoms with van der Waals surface area (Å²) in [5.74, 6) is 0.574. The molecule has 0 bridgehead atoms. The SMILES string of the molecule is C[C@H]1NCCN(C(=N)c2nc(Cl)ns2)C1=N. The van der Waals surface area contributed by atoms with E-state index in [9.17, 15) is 0 Å². The minimum atomic E-state index is -0.0440. The molecule has 0 unspecified atom stereocenters. The number of hydrogen-bond acceptors (Lipinski definition) is 6. The number of aromatic nitrogens is 2. The van der Waals surface area contributed by atoms with Crippen LogP contribution < -0.4 is 5.32 Å². The first-order valence-electron chi connectivity index (χ1n) is 4.77. The van der Waals surface area contributed by atoms with Crippen molar-refractivity contribution in [1.29, 1.82) is 10.8 Å². The Labute approximate surface area is 102 Å². The first-order valence-corrected chi connectivity index (χ1v) is 5.92. The second kappa shape index (κ2) is 4.44. The van der Waals surface area contributed by atoms with Gasteiger partial charge < -0.3 is 10.2 Å². The van der Waals surface area contributed by atoms with Crippen LogP contribution in [0.3, 0.4) is 0 Å². The number of rotatable bonds is 1. The summed E-state index contributed by atoms with van der Waals surface area (Å²) >= 11 is 6.69. The number of piperazine rings is 1. The van der Waals surface area contributed by atoms with E-state index in [0.29, 0.717) is 17.4 Å². The summed E-state index contributed by atoms with van der Waals surface area (Å²) in [7, 11) is 0. The Morgan fingerprint density at radius 3 is 3.06 bits per heavy atom. The van der Waals surface area contributed by atoms with Crippen LogP contribution in [0.15, 0.2) is 0 Å². The van der Waals surface area contributed by atoms with E-state index in [1.807, 2.05) is 6.92 Å². The van der Waals surface area contributed by atoms with E-state index < -0.39 is 0 Å². The molecule has 0 amide bonds. The zero-order valence-corrected chi connectivity index (χ0v) is 10.2. The third-order valence-corrected chi connectivity index (χ3v) is 3.35. The molecule has 3 N–H and O–H groups in total. The molecule has 1 aliphatic heterocycles. The van der Waals surface area contributed by atoms with Gasteiger partial charge in [-0.2, -0.15) is 4.37 Å². The van der Waals surface area contributed by atoms with E-state index in [0.717, 1.165) is 18.1 Å². The molecule has 1 aromatic heterocycles. The van der Waals surface area contributed by atoms with Crippen LogP contribution in [0.2, 0.25) is 5.28 Å². The molecule has 2 heterocycles. The summed E-state index contributed by atoms with van der Waals surface area (Å²) in [6.45, 7) is 3.24. The molecule has 6 nitrogen and oxygen atoms in total. The lowest BCUT2D eigenvalue weighted by Crippen LogP contribution is -2.55. The molecule has 0 aliphatic carbocycles. The lowest BCUT2D eigenvalue weighted by Gasteiger charge is -2.33. The molecule has 1 atom stereocenters. The van der Waals surface area contributed by atoms with Crippen molar-refractivity contribution in [1.82, 2.24) is 19.6 Å². The molecule has 1 fully saturated rings. The third-order valence-electron chi connectivity index (χ3n) is 2.36. The molecule has 1 aliphatic rings. The van der Waals surface area contributed by atoms with E-state index >= 15 is 0 Å². The van der Waals surface area contributed by atoms with Gasteiger partial charge in [-0.1, -0.05) is 0 Å². The summed E-state index contributed by atoms with van der Waals surface area (Å²) in [5.41, 5.74) is 0. The van der Waals surface area contributed by atoms with Crippen LogP contribution in [0.5, 0.6) is 0 Å². The Hall–Kier alpha value is -1.05. The highest BCUT2D eigenvalue weighted by Crippen LogP contribution is 2.13. The zero-order valence-electron chi connectivity index (χ0n) is 8.62. The molecule has 2 rings (SSSR count). The van der Waals surface area contributed by atoms with Gasteiger partial charge in [-0.3, -0.25) is 10.8 Å². The Morgan fingerprint density at radius 1 is 1.69 bits per heavy atom. The summed E-state index contributed by atoms with van der Waals surface area (Å²) < 4.78 is 3.82. The Bertz CT molecular complexity index is 430. The average Bonchev–Trinajstić information content (AvgIpc) is 2.68. The topological polar surface area (TPSA) is 88.8 Å². The fourth-order valence-corrected chi connectivity index (χ4v) is 2.26. The average molecular weight is 259 g/mol. The number of nitrogens with zero attached hydrogens (tertiary/aromatic N) is 3. The van der Waals surface area contributed by atoms with E-state index in [2.05, 4.69) is 14.7 Å². The highest BCUT2D eigenvalue weighted by Gasteiger charge is 2.26. The molecule has 0 spiro atoms. The maximum absolute atomic E-state index is 7.96. The van der Waals surface area contributed by atoms with Crippen molar-refractivity contribution in [2.45, 2.75) is 13.0 Å². The third kappa shape index (κ3) is 2.06. The van der Waals surface area contributed by atoms with E-state index in [-0.39, 0.29) is 17.2 Å². The molecule has 8 heteroatoms. The Kier molecular flexibility index (Phi) is 3.17. The predicted molar refractivity (Wildman–Crippen MR) is 63.6 cm³/mol. The second-order valence-electron chi connectivity index (χ2n) is 3.43. The fourth-order valence-electron chi connectivity index (χ4n) is 1.49. The van der Waals surface area contributed by atoms with Crippen molar-refractivity contribution in [2.75, 3.05) is 13.1 Å². The smallest absolute Gasteiger partial charge is 0.234 e. The van der Waals surface area contributed by atoms with Crippen LogP contribution in [0.4, 0.5) is 0 Å². The first-order chi connectivity index (χ1) is 7.59.